The van der Waals surface area contributed by atoms with Gasteiger partial charge < -0.3 is 5.32 Å². The lowest BCUT2D eigenvalue weighted by molar-refractivity contribution is 0.465. The van der Waals surface area contributed by atoms with Gasteiger partial charge in [-0.05, 0) is 25.6 Å². The lowest BCUT2D eigenvalue weighted by Gasteiger charge is -2.20. The van der Waals surface area contributed by atoms with E-state index in [9.17, 15) is 4.39 Å². The molecule has 78 valence electrons. The van der Waals surface area contributed by atoms with Crippen LogP contribution in [0, 0.1) is 5.82 Å². The van der Waals surface area contributed by atoms with Crippen molar-refractivity contribution in [2.75, 3.05) is 6.54 Å². The summed E-state index contributed by atoms with van der Waals surface area (Å²) in [6, 6.07) is 3.31. The molecule has 2 nitrogen and oxygen atoms in total. The van der Waals surface area contributed by atoms with E-state index in [-0.39, 0.29) is 17.8 Å². The van der Waals surface area contributed by atoms with Crippen LogP contribution in [0.4, 0.5) is 4.39 Å². The summed E-state index contributed by atoms with van der Waals surface area (Å²) in [5.41, 5.74) is 0.543. The molecule has 1 N–H and O–H groups in total. The number of rotatable bonds is 4. The number of nitrogens with one attached hydrogen (secondary N) is 1. The third kappa shape index (κ3) is 2.51. The van der Waals surface area contributed by atoms with Gasteiger partial charge in [-0.25, -0.2) is 4.39 Å². The van der Waals surface area contributed by atoms with Crippen molar-refractivity contribution >= 4 is 0 Å². The minimum atomic E-state index is -0.218. The van der Waals surface area contributed by atoms with Crippen LogP contribution in [0.25, 0.3) is 0 Å². The second-order valence-electron chi connectivity index (χ2n) is 3.51. The zero-order valence-electron chi connectivity index (χ0n) is 8.92. The summed E-state index contributed by atoms with van der Waals surface area (Å²) in [6.45, 7) is 6.96. The number of nitrogens with zero attached hydrogens (tertiary/aromatic N) is 1. The van der Waals surface area contributed by atoms with Crippen LogP contribution in [0.15, 0.2) is 18.3 Å². The SMILES string of the molecule is CCNC(C)C(C)c1ncccc1F. The van der Waals surface area contributed by atoms with Gasteiger partial charge in [-0.2, -0.15) is 0 Å². The van der Waals surface area contributed by atoms with E-state index in [4.69, 9.17) is 0 Å². The molecule has 3 heteroatoms. The smallest absolute Gasteiger partial charge is 0.145 e. The van der Waals surface area contributed by atoms with Crippen molar-refractivity contribution in [2.24, 2.45) is 0 Å². The van der Waals surface area contributed by atoms with Crippen LogP contribution < -0.4 is 5.32 Å². The number of hydrogen-bond donors (Lipinski definition) is 1. The summed E-state index contributed by atoms with van der Waals surface area (Å²) in [6.07, 6.45) is 1.63. The fourth-order valence-corrected chi connectivity index (χ4v) is 1.47. The summed E-state index contributed by atoms with van der Waals surface area (Å²) in [4.78, 5) is 4.07. The zero-order chi connectivity index (χ0) is 10.6. The Hall–Kier alpha value is -0.960. The zero-order valence-corrected chi connectivity index (χ0v) is 8.92. The molecule has 0 aliphatic rings. The van der Waals surface area contributed by atoms with Crippen molar-refractivity contribution in [1.82, 2.24) is 10.3 Å². The molecule has 0 amide bonds. The molecule has 0 saturated heterocycles. The molecule has 0 aliphatic carbocycles. The van der Waals surface area contributed by atoms with Gasteiger partial charge in [0.25, 0.3) is 0 Å². The molecule has 0 radical (unpaired) electrons. The van der Waals surface area contributed by atoms with E-state index >= 15 is 0 Å². The molecule has 1 aromatic heterocycles. The Kier molecular flexibility index (Phi) is 4.01. The fourth-order valence-electron chi connectivity index (χ4n) is 1.47. The van der Waals surface area contributed by atoms with Crippen LogP contribution in [-0.2, 0) is 0 Å². The number of hydrogen-bond acceptors (Lipinski definition) is 2. The number of likely N-dealkylation sites (N-methyl/N-ethyl adjacent to an activating group) is 1. The summed E-state index contributed by atoms with van der Waals surface area (Å²) >= 11 is 0. The lowest BCUT2D eigenvalue weighted by atomic mass is 9.99. The summed E-state index contributed by atoms with van der Waals surface area (Å²) in [5, 5.41) is 3.26. The normalized spacial score (nSPS) is 15.1. The first kappa shape index (κ1) is 11.1. The highest BCUT2D eigenvalue weighted by Gasteiger charge is 2.17. The average Bonchev–Trinajstić information content (AvgIpc) is 2.18. The van der Waals surface area contributed by atoms with Gasteiger partial charge in [0.15, 0.2) is 0 Å². The second-order valence-corrected chi connectivity index (χ2v) is 3.51. The predicted octanol–water partition coefficient (Wildman–Crippen LogP) is 2.32. The van der Waals surface area contributed by atoms with Gasteiger partial charge in [-0.1, -0.05) is 13.8 Å². The van der Waals surface area contributed by atoms with Crippen molar-refractivity contribution in [3.63, 3.8) is 0 Å². The monoisotopic (exact) mass is 196 g/mol. The molecule has 0 bridgehead atoms. The average molecular weight is 196 g/mol. The van der Waals surface area contributed by atoms with E-state index in [2.05, 4.69) is 10.3 Å². The first-order valence-electron chi connectivity index (χ1n) is 5.00. The molecule has 14 heavy (non-hydrogen) atoms. The Morgan fingerprint density at radius 3 is 2.79 bits per heavy atom. The maximum atomic E-state index is 13.4. The van der Waals surface area contributed by atoms with Crippen molar-refractivity contribution in [3.8, 4) is 0 Å². The highest BCUT2D eigenvalue weighted by atomic mass is 19.1. The largest absolute Gasteiger partial charge is 0.314 e. The van der Waals surface area contributed by atoms with Gasteiger partial charge >= 0.3 is 0 Å². The van der Waals surface area contributed by atoms with Gasteiger partial charge in [0.05, 0.1) is 5.69 Å². The molecular formula is C11H17FN2. The number of pyridine rings is 1. The van der Waals surface area contributed by atoms with Crippen molar-refractivity contribution in [2.45, 2.75) is 32.7 Å². The molecule has 2 unspecified atom stereocenters. The van der Waals surface area contributed by atoms with Crippen molar-refractivity contribution in [3.05, 3.63) is 29.8 Å². The minimum Gasteiger partial charge on any atom is -0.314 e. The van der Waals surface area contributed by atoms with Gasteiger partial charge in [0, 0.05) is 18.2 Å². The Balaban J connectivity index is 2.78. The molecule has 0 fully saturated rings. The standard InChI is InChI=1S/C11H17FN2/c1-4-13-9(3)8(2)11-10(12)6-5-7-14-11/h5-9,13H,4H2,1-3H3. The number of halogens is 1. The first-order valence-corrected chi connectivity index (χ1v) is 5.00. The molecule has 0 aromatic carbocycles. The van der Waals surface area contributed by atoms with Crippen molar-refractivity contribution in [1.29, 1.82) is 0 Å². The van der Waals surface area contributed by atoms with Crippen LogP contribution in [0.3, 0.4) is 0 Å². The molecule has 0 spiro atoms. The van der Waals surface area contributed by atoms with Gasteiger partial charge in [-0.15, -0.1) is 0 Å². The highest BCUT2D eigenvalue weighted by Crippen LogP contribution is 2.19. The van der Waals surface area contributed by atoms with Gasteiger partial charge in [-0.3, -0.25) is 4.98 Å². The third-order valence-electron chi connectivity index (χ3n) is 2.49. The molecule has 1 heterocycles. The molecule has 1 rings (SSSR count). The predicted molar refractivity (Wildman–Crippen MR) is 55.7 cm³/mol. The Labute approximate surface area is 84.6 Å². The highest BCUT2D eigenvalue weighted by molar-refractivity contribution is 5.13. The van der Waals surface area contributed by atoms with Crippen molar-refractivity contribution < 1.29 is 4.39 Å². The fraction of sp³-hybridized carbons (Fsp3) is 0.545. The minimum absolute atomic E-state index is 0.0937. The molecular weight excluding hydrogens is 179 g/mol. The maximum Gasteiger partial charge on any atom is 0.145 e. The van der Waals surface area contributed by atoms with Crippen LogP contribution in [-0.4, -0.2) is 17.6 Å². The van der Waals surface area contributed by atoms with Crippen LogP contribution in [0.5, 0.6) is 0 Å². The van der Waals surface area contributed by atoms with E-state index < -0.39 is 0 Å². The van der Waals surface area contributed by atoms with E-state index in [1.807, 2.05) is 20.8 Å². The van der Waals surface area contributed by atoms with Crippen LogP contribution in [0.2, 0.25) is 0 Å². The van der Waals surface area contributed by atoms with Crippen LogP contribution in [0.1, 0.15) is 32.4 Å². The second kappa shape index (κ2) is 5.05. The summed E-state index contributed by atoms with van der Waals surface area (Å²) in [7, 11) is 0. The maximum absolute atomic E-state index is 13.4. The topological polar surface area (TPSA) is 24.9 Å². The molecule has 1 aromatic rings. The van der Waals surface area contributed by atoms with E-state index in [0.717, 1.165) is 6.54 Å². The van der Waals surface area contributed by atoms with Crippen LogP contribution >= 0.6 is 0 Å². The Morgan fingerprint density at radius 1 is 1.50 bits per heavy atom. The Morgan fingerprint density at radius 2 is 2.21 bits per heavy atom. The van der Waals surface area contributed by atoms with Gasteiger partial charge in [0.2, 0.25) is 0 Å². The molecule has 2 atom stereocenters. The first-order chi connectivity index (χ1) is 6.66. The number of aromatic nitrogens is 1. The van der Waals surface area contributed by atoms with Gasteiger partial charge in [0.1, 0.15) is 5.82 Å². The quantitative estimate of drug-likeness (QED) is 0.799. The lowest BCUT2D eigenvalue weighted by Crippen LogP contribution is -2.31. The van der Waals surface area contributed by atoms with E-state index in [0.29, 0.717) is 5.69 Å². The summed E-state index contributed by atoms with van der Waals surface area (Å²) < 4.78 is 13.4. The third-order valence-corrected chi connectivity index (χ3v) is 2.49. The molecule has 0 aliphatic heterocycles. The van der Waals surface area contributed by atoms with E-state index in [1.54, 1.807) is 12.3 Å². The Bertz CT molecular complexity index is 288. The molecule has 0 saturated carbocycles. The van der Waals surface area contributed by atoms with E-state index in [1.165, 1.54) is 6.07 Å². The summed E-state index contributed by atoms with van der Waals surface area (Å²) in [5.74, 6) is -0.124.